The quantitative estimate of drug-likeness (QED) is 0.204. The lowest BCUT2D eigenvalue weighted by atomic mass is 9.94. The lowest BCUT2D eigenvalue weighted by Gasteiger charge is -2.18. The van der Waals surface area contributed by atoms with Gasteiger partial charge in [0.2, 0.25) is 0 Å². The van der Waals surface area contributed by atoms with Gasteiger partial charge in [0.05, 0.1) is 21.8 Å². The molecule has 0 fully saturated rings. The van der Waals surface area contributed by atoms with Gasteiger partial charge in [-0.1, -0.05) is 75.2 Å². The van der Waals surface area contributed by atoms with Crippen LogP contribution in [0.5, 0.6) is 0 Å². The third-order valence-corrected chi connectivity index (χ3v) is 9.56. The molecule has 1 N–H and O–H groups in total. The van der Waals surface area contributed by atoms with E-state index >= 15 is 0 Å². The molecule has 0 unspecified atom stereocenters. The highest BCUT2D eigenvalue weighted by Gasteiger charge is 2.30. The molecule has 0 amide bonds. The van der Waals surface area contributed by atoms with E-state index in [1.165, 1.54) is 6.26 Å². The zero-order valence-electron chi connectivity index (χ0n) is 27.3. The van der Waals surface area contributed by atoms with Crippen LogP contribution in [0.4, 0.5) is 0 Å². The molecule has 2 heterocycles. The van der Waals surface area contributed by atoms with Crippen molar-refractivity contribution in [3.05, 3.63) is 86.7 Å². The number of sulfone groups is 1. The first-order chi connectivity index (χ1) is 20.4. The average Bonchev–Trinajstić information content (AvgIpc) is 3.41. The van der Waals surface area contributed by atoms with E-state index in [9.17, 15) is 18.3 Å². The molecule has 0 radical (unpaired) electrons. The normalized spacial score (nSPS) is 11.8. The molecule has 4 aromatic rings. The summed E-state index contributed by atoms with van der Waals surface area (Å²) >= 11 is 12.0. The molecular weight excluding hydrogens is 615 g/mol. The molecule has 0 saturated heterocycles. The topological polar surface area (TPSA) is 81.3 Å². The van der Waals surface area contributed by atoms with Crippen molar-refractivity contribution in [2.75, 3.05) is 6.26 Å². The number of carbonyl (C=O) groups is 1. The van der Waals surface area contributed by atoms with Crippen molar-refractivity contribution in [3.63, 3.8) is 0 Å². The highest BCUT2D eigenvalue weighted by molar-refractivity contribution is 7.90. The molecule has 2 aromatic carbocycles. The molecule has 0 saturated carbocycles. The number of nitrogens with zero attached hydrogens (tertiary/aromatic N) is 2. The zero-order chi connectivity index (χ0) is 33.3. The number of benzene rings is 2. The number of aromatic nitrogens is 2. The van der Waals surface area contributed by atoms with Crippen LogP contribution in [0.15, 0.2) is 53.4 Å². The Kier molecular flexibility index (Phi) is 11.3. The summed E-state index contributed by atoms with van der Waals surface area (Å²) in [7, 11) is -3.31. The largest absolute Gasteiger partial charge is 0.478 e. The van der Waals surface area contributed by atoms with Gasteiger partial charge >= 0.3 is 5.97 Å². The van der Waals surface area contributed by atoms with Crippen LogP contribution in [-0.4, -0.2) is 34.9 Å². The van der Waals surface area contributed by atoms with Crippen LogP contribution in [0.25, 0.3) is 22.5 Å². The van der Waals surface area contributed by atoms with Crippen molar-refractivity contribution in [2.24, 2.45) is 0 Å². The van der Waals surface area contributed by atoms with Gasteiger partial charge in [0.25, 0.3) is 0 Å². The molecule has 2 aromatic heterocycles. The molecule has 238 valence electrons. The van der Waals surface area contributed by atoms with Gasteiger partial charge in [0, 0.05) is 40.3 Å². The third-order valence-electron chi connectivity index (χ3n) is 7.80. The van der Waals surface area contributed by atoms with E-state index in [2.05, 4.69) is 23.0 Å². The number of carboxylic acids is 1. The molecule has 44 heavy (non-hydrogen) atoms. The first kappa shape index (κ1) is 35.5. The summed E-state index contributed by atoms with van der Waals surface area (Å²) in [5.74, 6) is -0.629. The van der Waals surface area contributed by atoms with E-state index < -0.39 is 15.8 Å². The van der Waals surface area contributed by atoms with Crippen molar-refractivity contribution in [1.29, 1.82) is 0 Å². The van der Waals surface area contributed by atoms with Crippen LogP contribution in [0.1, 0.15) is 99.2 Å². The molecule has 4 rings (SSSR count). The predicted molar refractivity (Wildman–Crippen MR) is 184 cm³/mol. The summed E-state index contributed by atoms with van der Waals surface area (Å²) in [5.41, 5.74) is 7.77. The number of rotatable bonds is 8. The van der Waals surface area contributed by atoms with Crippen molar-refractivity contribution in [1.82, 2.24) is 9.13 Å². The van der Waals surface area contributed by atoms with E-state index in [4.69, 9.17) is 23.2 Å². The summed E-state index contributed by atoms with van der Waals surface area (Å²) in [4.78, 5) is 12.1. The van der Waals surface area contributed by atoms with Crippen LogP contribution in [-0.2, 0) is 16.4 Å². The van der Waals surface area contributed by atoms with Gasteiger partial charge in [-0.15, -0.1) is 0 Å². The minimum absolute atomic E-state index is 0.101. The maximum absolute atomic E-state index is 12.4. The smallest absolute Gasteiger partial charge is 0.337 e. The summed E-state index contributed by atoms with van der Waals surface area (Å²) in [6.07, 6.45) is 1.29. The first-order valence-electron chi connectivity index (χ1n) is 14.9. The van der Waals surface area contributed by atoms with Gasteiger partial charge in [0.15, 0.2) is 9.84 Å². The lowest BCUT2D eigenvalue weighted by Crippen LogP contribution is -2.06. The lowest BCUT2D eigenvalue weighted by molar-refractivity contribution is 0.0694. The Hall–Kier alpha value is -3.00. The monoisotopic (exact) mass is 658 g/mol. The van der Waals surface area contributed by atoms with Gasteiger partial charge < -0.3 is 14.2 Å². The van der Waals surface area contributed by atoms with E-state index in [-0.39, 0.29) is 17.9 Å². The highest BCUT2D eigenvalue weighted by atomic mass is 35.5. The molecule has 6 nitrogen and oxygen atoms in total. The van der Waals surface area contributed by atoms with E-state index in [0.29, 0.717) is 20.5 Å². The molecule has 0 atom stereocenters. The zero-order valence-corrected chi connectivity index (χ0v) is 29.6. The maximum Gasteiger partial charge on any atom is 0.337 e. The van der Waals surface area contributed by atoms with Crippen LogP contribution < -0.4 is 0 Å². The van der Waals surface area contributed by atoms with Crippen molar-refractivity contribution < 1.29 is 18.3 Å². The maximum atomic E-state index is 12.4. The molecular formula is C35H44Cl2N2O4S. The SMILES string of the molecule is CCn1c(C)c(C(=O)O)c(C(C)C)c1-c1ccc(Cl)cc1.Cc1c(S(C)(=O)=O)c(C(C)C)c(-c2ccc(Cl)cc2)n1C(C)C. The Bertz CT molecular complexity index is 1750. The summed E-state index contributed by atoms with van der Waals surface area (Å²) in [5, 5.41) is 10.9. The molecule has 0 bridgehead atoms. The van der Waals surface area contributed by atoms with Crippen LogP contribution >= 0.6 is 23.2 Å². The van der Waals surface area contributed by atoms with Gasteiger partial charge in [0.1, 0.15) is 0 Å². The molecule has 0 aliphatic rings. The predicted octanol–water partition coefficient (Wildman–Crippen LogP) is 10.2. The second-order valence-corrected chi connectivity index (χ2v) is 14.8. The van der Waals surface area contributed by atoms with Crippen LogP contribution in [0.3, 0.4) is 0 Å². The Morgan fingerprint density at radius 3 is 1.55 bits per heavy atom. The van der Waals surface area contributed by atoms with Gasteiger partial charge in [-0.05, 0) is 93.0 Å². The molecule has 0 aliphatic heterocycles. The first-order valence-corrected chi connectivity index (χ1v) is 17.5. The van der Waals surface area contributed by atoms with Crippen molar-refractivity contribution in [2.45, 2.75) is 91.6 Å². The Morgan fingerprint density at radius 1 is 0.773 bits per heavy atom. The van der Waals surface area contributed by atoms with E-state index in [1.54, 1.807) is 0 Å². The second-order valence-electron chi connectivity index (χ2n) is 12.0. The van der Waals surface area contributed by atoms with Gasteiger partial charge in [-0.25, -0.2) is 13.2 Å². The fraction of sp³-hybridized carbons (Fsp3) is 0.400. The average molecular weight is 660 g/mol. The second kappa shape index (κ2) is 14.0. The third kappa shape index (κ3) is 7.11. The number of carboxylic acid groups (broad SMARTS) is 1. The number of aromatic carboxylic acids is 1. The Labute approximate surface area is 272 Å². The number of halogens is 2. The van der Waals surface area contributed by atoms with Crippen molar-refractivity contribution in [3.8, 4) is 22.5 Å². The molecule has 0 spiro atoms. The standard InChI is InChI=1S/C18H24ClNO2S.C17H20ClNO2/c1-11(2)16-17(14-7-9-15(19)10-8-14)20(12(3)4)13(5)18(16)23(6,21)22;1-5-19-11(4)15(17(20)21)14(10(2)3)16(19)12-6-8-13(18)9-7-12/h7-12H,1-6H3;6-10H,5H2,1-4H3,(H,20,21). The number of hydrogen-bond acceptors (Lipinski definition) is 3. The minimum Gasteiger partial charge on any atom is -0.478 e. The molecule has 0 aliphatic carbocycles. The van der Waals surface area contributed by atoms with Crippen LogP contribution in [0, 0.1) is 13.8 Å². The van der Waals surface area contributed by atoms with E-state index in [0.717, 1.165) is 51.6 Å². The Morgan fingerprint density at radius 2 is 1.20 bits per heavy atom. The fourth-order valence-corrected chi connectivity index (χ4v) is 7.79. The van der Waals surface area contributed by atoms with Crippen molar-refractivity contribution >= 4 is 39.0 Å². The van der Waals surface area contributed by atoms with Gasteiger partial charge in [-0.2, -0.15) is 0 Å². The fourth-order valence-electron chi connectivity index (χ4n) is 6.17. The minimum atomic E-state index is -3.31. The highest BCUT2D eigenvalue weighted by Crippen LogP contribution is 2.41. The summed E-state index contributed by atoms with van der Waals surface area (Å²) in [6, 6.07) is 15.3. The van der Waals surface area contributed by atoms with Crippen LogP contribution in [0.2, 0.25) is 10.0 Å². The molecule has 9 heteroatoms. The number of hydrogen-bond donors (Lipinski definition) is 1. The summed E-state index contributed by atoms with van der Waals surface area (Å²) < 4.78 is 29.0. The summed E-state index contributed by atoms with van der Waals surface area (Å²) in [6.45, 7) is 18.8. The Balaban J connectivity index is 0.000000241. The van der Waals surface area contributed by atoms with E-state index in [1.807, 2.05) is 97.0 Å². The van der Waals surface area contributed by atoms with Gasteiger partial charge in [-0.3, -0.25) is 0 Å².